The number of ether oxygens (including phenoxy) is 1. The maximum absolute atomic E-state index is 13.1. The van der Waals surface area contributed by atoms with E-state index >= 15 is 0 Å². The van der Waals surface area contributed by atoms with E-state index in [1.54, 1.807) is 39.0 Å². The Balaban J connectivity index is 1.77. The molecule has 1 N–H and O–H groups in total. The number of piperidine rings is 1. The highest BCUT2D eigenvalue weighted by atomic mass is 16.6. The van der Waals surface area contributed by atoms with Crippen LogP contribution in [0.4, 0.5) is 10.5 Å². The number of likely N-dealkylation sites (tertiary alicyclic amines) is 1. The van der Waals surface area contributed by atoms with E-state index in [1.807, 2.05) is 0 Å². The number of carbonyl (C=O) groups excluding carboxylic acids is 4. The molecule has 1 unspecified atom stereocenters. The maximum Gasteiger partial charge on any atom is 0.412 e. The van der Waals surface area contributed by atoms with Crippen molar-refractivity contribution in [2.24, 2.45) is 0 Å². The van der Waals surface area contributed by atoms with Gasteiger partial charge in [0.05, 0.1) is 0 Å². The van der Waals surface area contributed by atoms with Crippen LogP contribution in [0.15, 0.2) is 18.2 Å². The van der Waals surface area contributed by atoms with E-state index in [-0.39, 0.29) is 30.7 Å². The van der Waals surface area contributed by atoms with Gasteiger partial charge in [-0.05, 0) is 45.7 Å². The topological polar surface area (TPSA) is 96.0 Å². The first-order valence-corrected chi connectivity index (χ1v) is 10.9. The molecule has 0 spiro atoms. The number of hydrogen-bond donors (Lipinski definition) is 1. The Kier molecular flexibility index (Phi) is 6.67. The van der Waals surface area contributed by atoms with Crippen molar-refractivity contribution in [3.8, 4) is 0 Å². The minimum atomic E-state index is -0.673. The third-order valence-corrected chi connectivity index (χ3v) is 5.48. The van der Waals surface area contributed by atoms with Crippen molar-refractivity contribution in [2.45, 2.75) is 78.0 Å². The number of amides is 4. The molecule has 8 heteroatoms. The van der Waals surface area contributed by atoms with Crippen LogP contribution in [0.1, 0.15) is 75.7 Å². The zero-order chi connectivity index (χ0) is 22.8. The average molecular weight is 430 g/mol. The first kappa shape index (κ1) is 22.8. The number of hydrogen-bond acceptors (Lipinski definition) is 5. The number of anilines is 1. The van der Waals surface area contributed by atoms with Crippen LogP contribution in [0.2, 0.25) is 0 Å². The first-order valence-electron chi connectivity index (χ1n) is 10.9. The Morgan fingerprint density at radius 2 is 1.94 bits per heavy atom. The summed E-state index contributed by atoms with van der Waals surface area (Å²) in [5.41, 5.74) is 0.949. The van der Waals surface area contributed by atoms with E-state index in [9.17, 15) is 19.2 Å². The molecule has 31 heavy (non-hydrogen) atoms. The Labute approximate surface area is 182 Å². The second kappa shape index (κ2) is 9.08. The third-order valence-electron chi connectivity index (χ3n) is 5.48. The Morgan fingerprint density at radius 3 is 2.61 bits per heavy atom. The van der Waals surface area contributed by atoms with Crippen molar-refractivity contribution in [3.05, 3.63) is 29.3 Å². The second-order valence-corrected chi connectivity index (χ2v) is 9.04. The quantitative estimate of drug-likeness (QED) is 0.549. The number of fused-ring (bicyclic) bond motifs is 1. The third kappa shape index (κ3) is 5.06. The molecule has 0 radical (unpaired) electrons. The summed E-state index contributed by atoms with van der Waals surface area (Å²) in [7, 11) is 0. The monoisotopic (exact) mass is 429 g/mol. The van der Waals surface area contributed by atoms with Gasteiger partial charge in [-0.1, -0.05) is 25.8 Å². The van der Waals surface area contributed by atoms with Gasteiger partial charge in [-0.3, -0.25) is 24.6 Å². The highest BCUT2D eigenvalue weighted by Crippen LogP contribution is 2.33. The maximum atomic E-state index is 13.1. The highest BCUT2D eigenvalue weighted by Gasteiger charge is 2.43. The fourth-order valence-corrected chi connectivity index (χ4v) is 4.00. The summed E-state index contributed by atoms with van der Waals surface area (Å²) in [5.74, 6) is -0.743. The minimum Gasteiger partial charge on any atom is -0.444 e. The van der Waals surface area contributed by atoms with Gasteiger partial charge < -0.3 is 9.64 Å². The summed E-state index contributed by atoms with van der Waals surface area (Å²) in [5, 5.41) is 2.71. The summed E-state index contributed by atoms with van der Waals surface area (Å²) in [6.45, 7) is 7.97. The molecule has 2 heterocycles. The van der Waals surface area contributed by atoms with Crippen LogP contribution in [0.3, 0.4) is 0 Å². The Bertz CT molecular complexity index is 890. The normalized spacial score (nSPS) is 19.0. The van der Waals surface area contributed by atoms with Gasteiger partial charge in [0.25, 0.3) is 11.8 Å². The van der Waals surface area contributed by atoms with E-state index in [4.69, 9.17) is 4.74 Å². The lowest BCUT2D eigenvalue weighted by Crippen LogP contribution is -2.54. The molecule has 1 fully saturated rings. The molecule has 168 valence electrons. The summed E-state index contributed by atoms with van der Waals surface area (Å²) in [6.07, 6.45) is 2.65. The van der Waals surface area contributed by atoms with E-state index in [1.165, 1.54) is 9.80 Å². The predicted octanol–water partition coefficient (Wildman–Crippen LogP) is 3.70. The molecule has 8 nitrogen and oxygen atoms in total. The largest absolute Gasteiger partial charge is 0.444 e. The van der Waals surface area contributed by atoms with E-state index in [2.05, 4.69) is 12.2 Å². The second-order valence-electron chi connectivity index (χ2n) is 9.04. The average Bonchev–Trinajstić information content (AvgIpc) is 3.01. The van der Waals surface area contributed by atoms with Gasteiger partial charge in [-0.15, -0.1) is 0 Å². The van der Waals surface area contributed by atoms with Crippen LogP contribution in [0.25, 0.3) is 0 Å². The molecule has 1 saturated heterocycles. The van der Waals surface area contributed by atoms with Gasteiger partial charge in [0, 0.05) is 36.3 Å². The smallest absolute Gasteiger partial charge is 0.412 e. The molecule has 1 aromatic carbocycles. The lowest BCUT2D eigenvalue weighted by atomic mass is 10.0. The number of unbranched alkanes of at least 4 members (excludes halogenated alkanes) is 2. The van der Waals surface area contributed by atoms with Crippen LogP contribution in [-0.2, 0) is 20.9 Å². The Hall–Kier alpha value is -2.90. The lowest BCUT2D eigenvalue weighted by molar-refractivity contribution is -0.152. The predicted molar refractivity (Wildman–Crippen MR) is 115 cm³/mol. The number of rotatable bonds is 6. The molecule has 2 aliphatic rings. The molecule has 0 bridgehead atoms. The van der Waals surface area contributed by atoms with Crippen LogP contribution >= 0.6 is 0 Å². The zero-order valence-electron chi connectivity index (χ0n) is 18.7. The molecule has 0 aromatic heterocycles. The molecule has 1 atom stereocenters. The molecule has 0 aliphatic carbocycles. The summed E-state index contributed by atoms with van der Waals surface area (Å²) in [6, 6.07) is 4.42. The van der Waals surface area contributed by atoms with E-state index in [0.29, 0.717) is 29.8 Å². The molecular formula is C23H31N3O5. The van der Waals surface area contributed by atoms with Crippen molar-refractivity contribution in [2.75, 3.05) is 11.9 Å². The van der Waals surface area contributed by atoms with Crippen molar-refractivity contribution < 1.29 is 23.9 Å². The number of benzene rings is 1. The Morgan fingerprint density at radius 1 is 1.19 bits per heavy atom. The standard InChI is InChI=1S/C23H31N3O5/c1-5-6-7-13-25-19(27)12-11-18(21(25)29)26-14-16-15(20(26)28)9-8-10-17(16)24-22(30)31-23(2,3)4/h8-10,18H,5-7,11-14H2,1-4H3,(H,24,30). The number of nitrogens with zero attached hydrogens (tertiary/aromatic N) is 2. The van der Waals surface area contributed by atoms with Crippen molar-refractivity contribution in [1.29, 1.82) is 0 Å². The zero-order valence-corrected chi connectivity index (χ0v) is 18.7. The fraction of sp³-hybridized carbons (Fsp3) is 0.565. The van der Waals surface area contributed by atoms with Crippen molar-refractivity contribution in [1.82, 2.24) is 9.80 Å². The van der Waals surface area contributed by atoms with Crippen LogP contribution in [0.5, 0.6) is 0 Å². The number of carbonyl (C=O) groups is 4. The number of imide groups is 1. The van der Waals surface area contributed by atoms with Gasteiger partial charge in [0.15, 0.2) is 0 Å². The molecular weight excluding hydrogens is 398 g/mol. The molecule has 1 aromatic rings. The summed E-state index contributed by atoms with van der Waals surface area (Å²) < 4.78 is 5.31. The van der Waals surface area contributed by atoms with Gasteiger partial charge in [-0.2, -0.15) is 0 Å². The summed E-state index contributed by atoms with van der Waals surface area (Å²) >= 11 is 0. The van der Waals surface area contributed by atoms with Crippen molar-refractivity contribution >= 4 is 29.5 Å². The van der Waals surface area contributed by atoms with Gasteiger partial charge in [0.2, 0.25) is 5.91 Å². The van der Waals surface area contributed by atoms with Crippen molar-refractivity contribution in [3.63, 3.8) is 0 Å². The van der Waals surface area contributed by atoms with Gasteiger partial charge in [-0.25, -0.2) is 4.79 Å². The number of nitrogens with one attached hydrogen (secondary N) is 1. The lowest BCUT2D eigenvalue weighted by Gasteiger charge is -2.35. The molecule has 3 rings (SSSR count). The summed E-state index contributed by atoms with van der Waals surface area (Å²) in [4.78, 5) is 53.5. The van der Waals surface area contributed by atoms with E-state index < -0.39 is 17.7 Å². The fourth-order valence-electron chi connectivity index (χ4n) is 4.00. The highest BCUT2D eigenvalue weighted by molar-refractivity contribution is 6.06. The van der Waals surface area contributed by atoms with Crippen LogP contribution in [0, 0.1) is 0 Å². The molecule has 4 amide bonds. The molecule has 2 aliphatic heterocycles. The SMILES string of the molecule is CCCCCN1C(=O)CCC(N2Cc3c(NC(=O)OC(C)(C)C)cccc3C2=O)C1=O. The van der Waals surface area contributed by atoms with Crippen LogP contribution in [-0.4, -0.2) is 51.8 Å². The minimum absolute atomic E-state index is 0.172. The van der Waals surface area contributed by atoms with Gasteiger partial charge >= 0.3 is 6.09 Å². The van der Waals surface area contributed by atoms with E-state index in [0.717, 1.165) is 19.3 Å². The van der Waals surface area contributed by atoms with Gasteiger partial charge in [0.1, 0.15) is 11.6 Å². The van der Waals surface area contributed by atoms with Crippen LogP contribution < -0.4 is 5.32 Å². The molecule has 0 saturated carbocycles. The first-order chi connectivity index (χ1) is 14.6.